The zero-order chi connectivity index (χ0) is 14.5. The van der Waals surface area contributed by atoms with Crippen LogP contribution >= 0.6 is 0 Å². The quantitative estimate of drug-likeness (QED) is 0.764. The molecular formula is C15H23BN2O2. The van der Waals surface area contributed by atoms with Crippen LogP contribution in [0, 0.1) is 0 Å². The van der Waals surface area contributed by atoms with Gasteiger partial charge in [0, 0.05) is 36.9 Å². The Hall–Kier alpha value is -0.905. The maximum atomic E-state index is 6.16. The molecule has 0 spiro atoms. The fourth-order valence-corrected chi connectivity index (χ4v) is 2.85. The molecule has 2 saturated heterocycles. The molecule has 2 aliphatic rings. The molecule has 1 aromatic heterocycles. The standard InChI is InChI=1S/C15H23BN2O2/c1-14(2)15(3,4)20-16(19-14)13-8-17-7-6-12(13)11-9-18(5)10-11/h6-8,11H,9-10H2,1-5H3. The first-order valence-corrected chi connectivity index (χ1v) is 7.28. The number of hydrogen-bond donors (Lipinski definition) is 0. The molecule has 1 aromatic rings. The van der Waals surface area contributed by atoms with Crippen LogP contribution in [0.15, 0.2) is 18.5 Å². The van der Waals surface area contributed by atoms with E-state index >= 15 is 0 Å². The van der Waals surface area contributed by atoms with Crippen LogP contribution in [0.4, 0.5) is 0 Å². The minimum Gasteiger partial charge on any atom is -0.399 e. The van der Waals surface area contributed by atoms with Crippen LogP contribution < -0.4 is 5.46 Å². The lowest BCUT2D eigenvalue weighted by molar-refractivity contribution is 0.00578. The van der Waals surface area contributed by atoms with Crippen LogP contribution in [-0.4, -0.2) is 48.3 Å². The molecule has 0 unspecified atom stereocenters. The summed E-state index contributed by atoms with van der Waals surface area (Å²) in [5.74, 6) is 0.567. The lowest BCUT2D eigenvalue weighted by Gasteiger charge is -2.37. The minimum atomic E-state index is -0.311. The smallest absolute Gasteiger partial charge is 0.399 e. The maximum absolute atomic E-state index is 6.16. The highest BCUT2D eigenvalue weighted by Gasteiger charge is 2.52. The van der Waals surface area contributed by atoms with Gasteiger partial charge in [0.25, 0.3) is 0 Å². The predicted molar refractivity (Wildman–Crippen MR) is 80.2 cm³/mol. The molecule has 0 aromatic carbocycles. The molecule has 0 saturated carbocycles. The Morgan fingerprint density at radius 3 is 2.35 bits per heavy atom. The van der Waals surface area contributed by atoms with Gasteiger partial charge in [-0.05, 0) is 46.4 Å². The summed E-state index contributed by atoms with van der Waals surface area (Å²) in [7, 11) is 1.83. The Kier molecular flexibility index (Phi) is 3.20. The molecule has 0 N–H and O–H groups in total. The van der Waals surface area contributed by atoms with Crippen LogP contribution in [0.3, 0.4) is 0 Å². The van der Waals surface area contributed by atoms with Crippen molar-refractivity contribution >= 4 is 12.6 Å². The summed E-state index contributed by atoms with van der Waals surface area (Å²) in [6.07, 6.45) is 3.76. The number of rotatable bonds is 2. The molecule has 2 fully saturated rings. The van der Waals surface area contributed by atoms with Gasteiger partial charge < -0.3 is 14.2 Å². The van der Waals surface area contributed by atoms with Crippen LogP contribution in [0.1, 0.15) is 39.2 Å². The van der Waals surface area contributed by atoms with Gasteiger partial charge in [-0.25, -0.2) is 0 Å². The largest absolute Gasteiger partial charge is 0.496 e. The highest BCUT2D eigenvalue weighted by molar-refractivity contribution is 6.62. The van der Waals surface area contributed by atoms with E-state index in [1.807, 2.05) is 12.4 Å². The maximum Gasteiger partial charge on any atom is 0.496 e. The van der Waals surface area contributed by atoms with Gasteiger partial charge in [0.1, 0.15) is 0 Å². The van der Waals surface area contributed by atoms with Crippen molar-refractivity contribution in [3.05, 3.63) is 24.0 Å². The third kappa shape index (κ3) is 2.18. The molecule has 5 heteroatoms. The monoisotopic (exact) mass is 274 g/mol. The van der Waals surface area contributed by atoms with E-state index in [2.05, 4.69) is 50.7 Å². The number of hydrogen-bond acceptors (Lipinski definition) is 4. The number of pyridine rings is 1. The molecular weight excluding hydrogens is 251 g/mol. The van der Waals surface area contributed by atoms with E-state index in [0.717, 1.165) is 18.6 Å². The van der Waals surface area contributed by atoms with Crippen molar-refractivity contribution in [2.24, 2.45) is 0 Å². The summed E-state index contributed by atoms with van der Waals surface area (Å²) in [5.41, 5.74) is 1.79. The number of aromatic nitrogens is 1. The van der Waals surface area contributed by atoms with Crippen LogP contribution in [0.5, 0.6) is 0 Å². The van der Waals surface area contributed by atoms with Crippen molar-refractivity contribution < 1.29 is 9.31 Å². The second-order valence-electron chi connectivity index (χ2n) is 7.01. The van der Waals surface area contributed by atoms with Gasteiger partial charge in [-0.2, -0.15) is 0 Å². The fourth-order valence-electron chi connectivity index (χ4n) is 2.85. The van der Waals surface area contributed by atoms with E-state index in [0.29, 0.717) is 5.92 Å². The van der Waals surface area contributed by atoms with Crippen molar-refractivity contribution in [3.63, 3.8) is 0 Å². The van der Waals surface area contributed by atoms with Gasteiger partial charge in [0.05, 0.1) is 11.2 Å². The Morgan fingerprint density at radius 2 is 1.80 bits per heavy atom. The fraction of sp³-hybridized carbons (Fsp3) is 0.667. The van der Waals surface area contributed by atoms with Crippen LogP contribution in [0.2, 0.25) is 0 Å². The van der Waals surface area contributed by atoms with Crippen molar-refractivity contribution in [2.75, 3.05) is 20.1 Å². The summed E-state index contributed by atoms with van der Waals surface area (Å²) in [6, 6.07) is 2.11. The van der Waals surface area contributed by atoms with Crippen LogP contribution in [-0.2, 0) is 9.31 Å². The van der Waals surface area contributed by atoms with Crippen molar-refractivity contribution in [1.29, 1.82) is 0 Å². The Labute approximate surface area is 121 Å². The molecule has 3 heterocycles. The Bertz CT molecular complexity index is 496. The number of nitrogens with zero attached hydrogens (tertiary/aromatic N) is 2. The molecule has 0 aliphatic carbocycles. The van der Waals surface area contributed by atoms with E-state index in [4.69, 9.17) is 9.31 Å². The lowest BCUT2D eigenvalue weighted by Crippen LogP contribution is -2.46. The summed E-state index contributed by atoms with van der Waals surface area (Å²) in [5, 5.41) is 0. The number of likely N-dealkylation sites (tertiary alicyclic amines) is 1. The molecule has 108 valence electrons. The molecule has 0 bridgehead atoms. The molecule has 0 radical (unpaired) electrons. The molecule has 20 heavy (non-hydrogen) atoms. The lowest BCUT2D eigenvalue weighted by atomic mass is 9.73. The van der Waals surface area contributed by atoms with E-state index < -0.39 is 0 Å². The first-order valence-electron chi connectivity index (χ1n) is 7.28. The topological polar surface area (TPSA) is 34.6 Å². The zero-order valence-electron chi connectivity index (χ0n) is 13.0. The molecule has 2 aliphatic heterocycles. The average molecular weight is 274 g/mol. The highest BCUT2D eigenvalue weighted by atomic mass is 16.7. The first-order chi connectivity index (χ1) is 9.30. The molecule has 4 nitrogen and oxygen atoms in total. The summed E-state index contributed by atoms with van der Waals surface area (Å²) >= 11 is 0. The Morgan fingerprint density at radius 1 is 1.20 bits per heavy atom. The van der Waals surface area contributed by atoms with Crippen molar-refractivity contribution in [1.82, 2.24) is 9.88 Å². The SMILES string of the molecule is CN1CC(c2ccncc2B2OC(C)(C)C(C)(C)O2)C1. The van der Waals surface area contributed by atoms with Gasteiger partial charge in [0.15, 0.2) is 0 Å². The first kappa shape index (κ1) is 14.0. The normalized spacial score (nSPS) is 25.8. The van der Waals surface area contributed by atoms with E-state index in [-0.39, 0.29) is 18.3 Å². The number of likely N-dealkylation sites (N-methyl/N-ethyl adjacent to an activating group) is 1. The van der Waals surface area contributed by atoms with Gasteiger partial charge in [0.2, 0.25) is 0 Å². The minimum absolute atomic E-state index is 0.304. The zero-order valence-corrected chi connectivity index (χ0v) is 13.0. The van der Waals surface area contributed by atoms with Gasteiger partial charge in [-0.15, -0.1) is 0 Å². The average Bonchev–Trinajstić information content (AvgIpc) is 2.55. The summed E-state index contributed by atoms with van der Waals surface area (Å²) in [4.78, 5) is 6.59. The van der Waals surface area contributed by atoms with Gasteiger partial charge >= 0.3 is 7.12 Å². The van der Waals surface area contributed by atoms with Crippen molar-refractivity contribution in [3.8, 4) is 0 Å². The third-order valence-electron chi connectivity index (χ3n) is 4.90. The molecule has 0 atom stereocenters. The van der Waals surface area contributed by atoms with E-state index in [9.17, 15) is 0 Å². The van der Waals surface area contributed by atoms with E-state index in [1.165, 1.54) is 5.56 Å². The molecule has 3 rings (SSSR count). The second-order valence-corrected chi connectivity index (χ2v) is 7.01. The predicted octanol–water partition coefficient (Wildman–Crippen LogP) is 1.41. The van der Waals surface area contributed by atoms with Gasteiger partial charge in [-0.3, -0.25) is 4.98 Å². The van der Waals surface area contributed by atoms with Crippen molar-refractivity contribution in [2.45, 2.75) is 44.8 Å². The highest BCUT2D eigenvalue weighted by Crippen LogP contribution is 2.37. The van der Waals surface area contributed by atoms with Crippen LogP contribution in [0.25, 0.3) is 0 Å². The second kappa shape index (κ2) is 4.55. The van der Waals surface area contributed by atoms with E-state index in [1.54, 1.807) is 0 Å². The Balaban J connectivity index is 1.89. The van der Waals surface area contributed by atoms with Gasteiger partial charge in [-0.1, -0.05) is 0 Å². The summed E-state index contributed by atoms with van der Waals surface area (Å²) in [6.45, 7) is 10.5. The molecule has 0 amide bonds. The summed E-state index contributed by atoms with van der Waals surface area (Å²) < 4.78 is 12.3. The third-order valence-corrected chi connectivity index (χ3v) is 4.90.